The molecular formula is C23H34N4O2. The van der Waals surface area contributed by atoms with Gasteiger partial charge in [-0.2, -0.15) is 5.10 Å². The van der Waals surface area contributed by atoms with Gasteiger partial charge >= 0.3 is 0 Å². The van der Waals surface area contributed by atoms with Gasteiger partial charge in [-0.25, -0.2) is 0 Å². The van der Waals surface area contributed by atoms with Crippen LogP contribution in [-0.4, -0.2) is 51.7 Å². The van der Waals surface area contributed by atoms with E-state index in [-0.39, 0.29) is 5.91 Å². The van der Waals surface area contributed by atoms with E-state index in [0.717, 1.165) is 37.6 Å². The van der Waals surface area contributed by atoms with Crippen LogP contribution in [0, 0.1) is 5.92 Å². The molecule has 2 heterocycles. The lowest BCUT2D eigenvalue weighted by Crippen LogP contribution is -2.41. The van der Waals surface area contributed by atoms with Crippen molar-refractivity contribution in [1.29, 1.82) is 0 Å². The average Bonchev–Trinajstić information content (AvgIpc) is 3.25. The van der Waals surface area contributed by atoms with Gasteiger partial charge < -0.3 is 9.32 Å². The SMILES string of the molecule is CCCN(CC1CC1)C1CCc2c(c(C(=O)N(C)Cc3ccco3)nn2CC)C1. The first-order chi connectivity index (χ1) is 14.1. The Morgan fingerprint density at radius 1 is 1.31 bits per heavy atom. The van der Waals surface area contributed by atoms with E-state index in [0.29, 0.717) is 18.3 Å². The number of carbonyl (C=O) groups excluding carboxylic acids is 1. The molecule has 2 aromatic heterocycles. The summed E-state index contributed by atoms with van der Waals surface area (Å²) in [6.07, 6.45) is 8.72. The maximum Gasteiger partial charge on any atom is 0.274 e. The zero-order valence-electron chi connectivity index (χ0n) is 18.1. The summed E-state index contributed by atoms with van der Waals surface area (Å²) in [6, 6.07) is 4.29. The van der Waals surface area contributed by atoms with E-state index in [4.69, 9.17) is 9.52 Å². The summed E-state index contributed by atoms with van der Waals surface area (Å²) in [6.45, 7) is 8.02. The molecule has 1 fully saturated rings. The lowest BCUT2D eigenvalue weighted by atomic mass is 9.89. The minimum atomic E-state index is -0.00488. The van der Waals surface area contributed by atoms with Crippen LogP contribution in [0.4, 0.5) is 0 Å². The molecule has 1 unspecified atom stereocenters. The van der Waals surface area contributed by atoms with Crippen molar-refractivity contribution in [2.45, 2.75) is 71.5 Å². The molecule has 0 saturated heterocycles. The topological polar surface area (TPSA) is 54.5 Å². The third-order valence-electron chi connectivity index (χ3n) is 6.36. The molecule has 0 bridgehead atoms. The van der Waals surface area contributed by atoms with Crippen molar-refractivity contribution < 1.29 is 9.21 Å². The summed E-state index contributed by atoms with van der Waals surface area (Å²) >= 11 is 0. The van der Waals surface area contributed by atoms with E-state index in [9.17, 15) is 4.79 Å². The molecule has 1 saturated carbocycles. The number of rotatable bonds is 9. The van der Waals surface area contributed by atoms with Crippen LogP contribution in [0.2, 0.25) is 0 Å². The Labute approximate surface area is 173 Å². The quantitative estimate of drug-likeness (QED) is 0.646. The third-order valence-corrected chi connectivity index (χ3v) is 6.36. The lowest BCUT2D eigenvalue weighted by Gasteiger charge is -2.34. The summed E-state index contributed by atoms with van der Waals surface area (Å²) in [5, 5.41) is 4.75. The highest BCUT2D eigenvalue weighted by Gasteiger charge is 2.34. The molecule has 0 radical (unpaired) electrons. The number of fused-ring (bicyclic) bond motifs is 1. The molecule has 0 N–H and O–H groups in total. The van der Waals surface area contributed by atoms with Crippen molar-refractivity contribution in [3.05, 3.63) is 41.1 Å². The van der Waals surface area contributed by atoms with Gasteiger partial charge in [-0.3, -0.25) is 14.4 Å². The molecule has 0 aromatic carbocycles. The minimum Gasteiger partial charge on any atom is -0.467 e. The highest BCUT2D eigenvalue weighted by molar-refractivity contribution is 5.94. The Kier molecular flexibility index (Phi) is 6.09. The molecule has 6 nitrogen and oxygen atoms in total. The maximum absolute atomic E-state index is 13.3. The molecule has 0 spiro atoms. The van der Waals surface area contributed by atoms with E-state index in [1.165, 1.54) is 43.5 Å². The molecule has 2 aromatic rings. The van der Waals surface area contributed by atoms with Crippen molar-refractivity contribution >= 4 is 5.91 Å². The summed E-state index contributed by atoms with van der Waals surface area (Å²) in [5.74, 6) is 1.68. The summed E-state index contributed by atoms with van der Waals surface area (Å²) in [5.41, 5.74) is 3.08. The largest absolute Gasteiger partial charge is 0.467 e. The number of hydrogen-bond acceptors (Lipinski definition) is 4. The Bertz CT molecular complexity index is 822. The first kappa shape index (κ1) is 20.2. The molecule has 2 aliphatic carbocycles. The summed E-state index contributed by atoms with van der Waals surface area (Å²) in [7, 11) is 1.83. The Balaban J connectivity index is 1.55. The number of aromatic nitrogens is 2. The first-order valence-electron chi connectivity index (χ1n) is 11.2. The second kappa shape index (κ2) is 8.74. The molecule has 2 aliphatic rings. The van der Waals surface area contributed by atoms with Crippen molar-refractivity contribution in [2.24, 2.45) is 5.92 Å². The molecule has 1 atom stereocenters. The van der Waals surface area contributed by atoms with Crippen LogP contribution in [0.1, 0.15) is 67.0 Å². The van der Waals surface area contributed by atoms with E-state index in [1.807, 2.05) is 23.9 Å². The summed E-state index contributed by atoms with van der Waals surface area (Å²) < 4.78 is 7.47. The predicted octanol–water partition coefficient (Wildman–Crippen LogP) is 3.75. The van der Waals surface area contributed by atoms with Crippen LogP contribution in [0.3, 0.4) is 0 Å². The van der Waals surface area contributed by atoms with Crippen molar-refractivity contribution in [3.63, 3.8) is 0 Å². The predicted molar refractivity (Wildman–Crippen MR) is 113 cm³/mol. The monoisotopic (exact) mass is 398 g/mol. The first-order valence-corrected chi connectivity index (χ1v) is 11.2. The van der Waals surface area contributed by atoms with Gasteiger partial charge in [-0.15, -0.1) is 0 Å². The van der Waals surface area contributed by atoms with Crippen molar-refractivity contribution in [1.82, 2.24) is 19.6 Å². The van der Waals surface area contributed by atoms with Crippen LogP contribution < -0.4 is 0 Å². The zero-order chi connectivity index (χ0) is 20.4. The van der Waals surface area contributed by atoms with Gasteiger partial charge in [0.05, 0.1) is 12.8 Å². The van der Waals surface area contributed by atoms with Crippen LogP contribution in [0.25, 0.3) is 0 Å². The lowest BCUT2D eigenvalue weighted by molar-refractivity contribution is 0.0766. The Morgan fingerprint density at radius 2 is 2.14 bits per heavy atom. The van der Waals surface area contributed by atoms with E-state index in [2.05, 4.69) is 18.7 Å². The average molecular weight is 399 g/mol. The van der Waals surface area contributed by atoms with Gasteiger partial charge in [-0.1, -0.05) is 6.92 Å². The second-order valence-corrected chi connectivity index (χ2v) is 8.67. The summed E-state index contributed by atoms with van der Waals surface area (Å²) in [4.78, 5) is 17.7. The Hall–Kier alpha value is -2.08. The number of hydrogen-bond donors (Lipinski definition) is 0. The molecular weight excluding hydrogens is 364 g/mol. The van der Waals surface area contributed by atoms with Gasteiger partial charge in [0.15, 0.2) is 5.69 Å². The van der Waals surface area contributed by atoms with E-state index >= 15 is 0 Å². The van der Waals surface area contributed by atoms with E-state index < -0.39 is 0 Å². The fourth-order valence-electron chi connectivity index (χ4n) is 4.65. The van der Waals surface area contributed by atoms with Crippen LogP contribution in [0.15, 0.2) is 22.8 Å². The molecule has 6 heteroatoms. The van der Waals surface area contributed by atoms with Crippen LogP contribution >= 0.6 is 0 Å². The standard InChI is InChI=1S/C23H34N4O2/c1-4-12-26(15-17-8-9-17)18-10-11-21-20(14-18)22(24-27(21)5-2)23(28)25(3)16-19-7-6-13-29-19/h6-7,13,17-18H,4-5,8-12,14-16H2,1-3H3. The second-order valence-electron chi connectivity index (χ2n) is 8.67. The van der Waals surface area contributed by atoms with Gasteiger partial charge in [0, 0.05) is 37.4 Å². The van der Waals surface area contributed by atoms with Crippen LogP contribution in [0.5, 0.6) is 0 Å². The fourth-order valence-corrected chi connectivity index (χ4v) is 4.65. The number of nitrogens with zero attached hydrogens (tertiary/aromatic N) is 4. The van der Waals surface area contributed by atoms with Crippen molar-refractivity contribution in [2.75, 3.05) is 20.1 Å². The molecule has 29 heavy (non-hydrogen) atoms. The molecule has 158 valence electrons. The highest BCUT2D eigenvalue weighted by Crippen LogP contribution is 2.33. The number of carbonyl (C=O) groups is 1. The number of aryl methyl sites for hydroxylation is 1. The smallest absolute Gasteiger partial charge is 0.274 e. The van der Waals surface area contributed by atoms with Gasteiger partial charge in [0.2, 0.25) is 0 Å². The van der Waals surface area contributed by atoms with Crippen LogP contribution in [-0.2, 0) is 25.9 Å². The van der Waals surface area contributed by atoms with Gasteiger partial charge in [0.1, 0.15) is 5.76 Å². The molecule has 1 amide bonds. The molecule has 0 aliphatic heterocycles. The molecule has 4 rings (SSSR count). The minimum absolute atomic E-state index is 0.00488. The Morgan fingerprint density at radius 3 is 2.79 bits per heavy atom. The normalized spacial score (nSPS) is 18.8. The maximum atomic E-state index is 13.3. The van der Waals surface area contributed by atoms with Crippen molar-refractivity contribution in [3.8, 4) is 0 Å². The van der Waals surface area contributed by atoms with Gasteiger partial charge in [0.25, 0.3) is 5.91 Å². The van der Waals surface area contributed by atoms with E-state index in [1.54, 1.807) is 11.2 Å². The fraction of sp³-hybridized carbons (Fsp3) is 0.652. The number of furan rings is 1. The third kappa shape index (κ3) is 4.42. The van der Waals surface area contributed by atoms with Gasteiger partial charge in [-0.05, 0) is 70.0 Å². The zero-order valence-corrected chi connectivity index (χ0v) is 18.1. The highest BCUT2D eigenvalue weighted by atomic mass is 16.3. The number of amides is 1.